The van der Waals surface area contributed by atoms with Crippen molar-refractivity contribution in [1.82, 2.24) is 0 Å². The van der Waals surface area contributed by atoms with Gasteiger partial charge in [-0.2, -0.15) is 0 Å². The van der Waals surface area contributed by atoms with E-state index < -0.39 is 0 Å². The fourth-order valence-electron chi connectivity index (χ4n) is 2.62. The first-order valence-corrected chi connectivity index (χ1v) is 6.19. The molecule has 2 nitrogen and oxygen atoms in total. The number of aliphatic hydroxyl groups is 1. The smallest absolute Gasteiger partial charge is 0.126 e. The van der Waals surface area contributed by atoms with E-state index in [4.69, 9.17) is 9.84 Å². The van der Waals surface area contributed by atoms with Crippen LogP contribution in [-0.4, -0.2) is 18.8 Å². The van der Waals surface area contributed by atoms with Crippen LogP contribution < -0.4 is 4.74 Å². The molecule has 94 valence electrons. The minimum Gasteiger partial charge on any atom is -0.497 e. The van der Waals surface area contributed by atoms with Gasteiger partial charge in [-0.25, -0.2) is 4.39 Å². The quantitative estimate of drug-likeness (QED) is 0.876. The summed E-state index contributed by atoms with van der Waals surface area (Å²) in [5, 5.41) is 9.09. The predicted octanol–water partition coefficient (Wildman–Crippen LogP) is 3.10. The summed E-state index contributed by atoms with van der Waals surface area (Å²) in [5.41, 5.74) is 0.765. The molecule has 0 amide bonds. The first kappa shape index (κ1) is 12.4. The van der Waals surface area contributed by atoms with Crippen LogP contribution in [0.15, 0.2) is 18.2 Å². The molecule has 2 rings (SSSR count). The van der Waals surface area contributed by atoms with E-state index in [0.29, 0.717) is 11.7 Å². The van der Waals surface area contributed by atoms with Crippen molar-refractivity contribution in [2.45, 2.75) is 31.6 Å². The van der Waals surface area contributed by atoms with Gasteiger partial charge in [-0.1, -0.05) is 0 Å². The number of rotatable bonds is 3. The monoisotopic (exact) mass is 238 g/mol. The van der Waals surface area contributed by atoms with Crippen molar-refractivity contribution in [3.63, 3.8) is 0 Å². The number of benzene rings is 1. The van der Waals surface area contributed by atoms with Crippen molar-refractivity contribution in [2.24, 2.45) is 5.92 Å². The molecule has 0 spiro atoms. The second kappa shape index (κ2) is 5.50. The second-order valence-corrected chi connectivity index (χ2v) is 4.79. The highest BCUT2D eigenvalue weighted by atomic mass is 19.1. The van der Waals surface area contributed by atoms with Crippen molar-refractivity contribution in [3.8, 4) is 5.75 Å². The van der Waals surface area contributed by atoms with Gasteiger partial charge in [0.25, 0.3) is 0 Å². The van der Waals surface area contributed by atoms with E-state index in [1.807, 2.05) is 0 Å². The Labute approximate surface area is 101 Å². The summed E-state index contributed by atoms with van der Waals surface area (Å²) in [6.07, 6.45) is 3.88. The summed E-state index contributed by atoms with van der Waals surface area (Å²) in [6, 6.07) is 4.93. The Bertz CT molecular complexity index is 370. The molecule has 0 bridgehead atoms. The maximum absolute atomic E-state index is 13.8. The van der Waals surface area contributed by atoms with E-state index in [9.17, 15) is 4.39 Å². The fourth-order valence-corrected chi connectivity index (χ4v) is 2.62. The summed E-state index contributed by atoms with van der Waals surface area (Å²) in [4.78, 5) is 0. The Hall–Kier alpha value is -1.09. The second-order valence-electron chi connectivity index (χ2n) is 4.79. The van der Waals surface area contributed by atoms with Crippen molar-refractivity contribution in [1.29, 1.82) is 0 Å². The number of aliphatic hydroxyl groups excluding tert-OH is 1. The number of halogens is 1. The molecule has 0 saturated heterocycles. The first-order chi connectivity index (χ1) is 8.24. The topological polar surface area (TPSA) is 29.5 Å². The molecule has 0 aliphatic heterocycles. The third-order valence-corrected chi connectivity index (χ3v) is 3.75. The molecule has 0 radical (unpaired) electrons. The lowest BCUT2D eigenvalue weighted by Gasteiger charge is -2.28. The van der Waals surface area contributed by atoms with Gasteiger partial charge in [0.2, 0.25) is 0 Å². The van der Waals surface area contributed by atoms with E-state index >= 15 is 0 Å². The molecule has 3 heteroatoms. The average molecular weight is 238 g/mol. The lowest BCUT2D eigenvalue weighted by Crippen LogP contribution is -2.16. The van der Waals surface area contributed by atoms with Gasteiger partial charge in [0.15, 0.2) is 0 Å². The number of ether oxygens (including phenoxy) is 1. The molecule has 1 aliphatic rings. The minimum absolute atomic E-state index is 0.141. The van der Waals surface area contributed by atoms with Crippen LogP contribution in [0.3, 0.4) is 0 Å². The third kappa shape index (κ3) is 2.78. The van der Waals surface area contributed by atoms with Crippen LogP contribution in [0.5, 0.6) is 5.75 Å². The van der Waals surface area contributed by atoms with Crippen LogP contribution in [-0.2, 0) is 0 Å². The van der Waals surface area contributed by atoms with E-state index in [1.165, 1.54) is 6.07 Å². The molecular weight excluding hydrogens is 219 g/mol. The third-order valence-electron chi connectivity index (χ3n) is 3.75. The van der Waals surface area contributed by atoms with E-state index in [2.05, 4.69) is 0 Å². The van der Waals surface area contributed by atoms with Gasteiger partial charge < -0.3 is 9.84 Å². The highest BCUT2D eigenvalue weighted by Crippen LogP contribution is 2.37. The SMILES string of the molecule is COc1ccc(F)c([C@H]2CC[C@@H](CO)CC2)c1. The lowest BCUT2D eigenvalue weighted by atomic mass is 9.79. The molecule has 0 heterocycles. The number of hydrogen-bond donors (Lipinski definition) is 1. The zero-order chi connectivity index (χ0) is 12.3. The standard InChI is InChI=1S/C14H19FO2/c1-17-12-6-7-14(15)13(8-12)11-4-2-10(9-16)3-5-11/h6-8,10-11,16H,2-5,9H2,1H3/t10-,11+. The van der Waals surface area contributed by atoms with Crippen LogP contribution in [0.4, 0.5) is 4.39 Å². The van der Waals surface area contributed by atoms with Crippen molar-refractivity contribution in [2.75, 3.05) is 13.7 Å². The lowest BCUT2D eigenvalue weighted by molar-refractivity contribution is 0.181. The number of methoxy groups -OCH3 is 1. The molecule has 1 saturated carbocycles. The first-order valence-electron chi connectivity index (χ1n) is 6.19. The summed E-state index contributed by atoms with van der Waals surface area (Å²) < 4.78 is 18.9. The van der Waals surface area contributed by atoms with Gasteiger partial charge >= 0.3 is 0 Å². The maximum atomic E-state index is 13.8. The van der Waals surface area contributed by atoms with Gasteiger partial charge in [0.1, 0.15) is 11.6 Å². The van der Waals surface area contributed by atoms with Crippen LogP contribution in [0.25, 0.3) is 0 Å². The zero-order valence-corrected chi connectivity index (χ0v) is 10.2. The molecule has 1 aromatic carbocycles. The maximum Gasteiger partial charge on any atom is 0.126 e. The van der Waals surface area contributed by atoms with Crippen LogP contribution in [0, 0.1) is 11.7 Å². The van der Waals surface area contributed by atoms with Gasteiger partial charge in [0.05, 0.1) is 7.11 Å². The molecule has 0 aromatic heterocycles. The van der Waals surface area contributed by atoms with E-state index in [-0.39, 0.29) is 18.3 Å². The van der Waals surface area contributed by atoms with Crippen LogP contribution in [0.2, 0.25) is 0 Å². The highest BCUT2D eigenvalue weighted by Gasteiger charge is 2.24. The zero-order valence-electron chi connectivity index (χ0n) is 10.2. The molecule has 1 aliphatic carbocycles. The summed E-state index contributed by atoms with van der Waals surface area (Å²) in [6.45, 7) is 0.257. The summed E-state index contributed by atoms with van der Waals surface area (Å²) in [5.74, 6) is 1.25. The Morgan fingerprint density at radius 3 is 2.59 bits per heavy atom. The Kier molecular flexibility index (Phi) is 4.00. The normalized spacial score (nSPS) is 24.6. The average Bonchev–Trinajstić information content (AvgIpc) is 2.39. The fraction of sp³-hybridized carbons (Fsp3) is 0.571. The molecule has 17 heavy (non-hydrogen) atoms. The van der Waals surface area contributed by atoms with Gasteiger partial charge in [-0.15, -0.1) is 0 Å². The van der Waals surface area contributed by atoms with Gasteiger partial charge in [0, 0.05) is 6.61 Å². The van der Waals surface area contributed by atoms with Crippen LogP contribution >= 0.6 is 0 Å². The minimum atomic E-state index is -0.141. The van der Waals surface area contributed by atoms with Crippen molar-refractivity contribution >= 4 is 0 Å². The van der Waals surface area contributed by atoms with Crippen LogP contribution in [0.1, 0.15) is 37.2 Å². The van der Waals surface area contributed by atoms with Gasteiger partial charge in [-0.3, -0.25) is 0 Å². The molecule has 0 unspecified atom stereocenters. The predicted molar refractivity (Wildman–Crippen MR) is 64.7 cm³/mol. The van der Waals surface area contributed by atoms with E-state index in [0.717, 1.165) is 31.2 Å². The molecule has 1 aromatic rings. The molecule has 1 fully saturated rings. The Balaban J connectivity index is 2.12. The Morgan fingerprint density at radius 1 is 1.29 bits per heavy atom. The van der Waals surface area contributed by atoms with Gasteiger partial charge in [-0.05, 0) is 61.3 Å². The highest BCUT2D eigenvalue weighted by molar-refractivity contribution is 5.32. The van der Waals surface area contributed by atoms with Crippen molar-refractivity contribution < 1.29 is 14.2 Å². The molecule has 1 N–H and O–H groups in total. The summed E-state index contributed by atoms with van der Waals surface area (Å²) in [7, 11) is 1.60. The molecular formula is C14H19FO2. The number of hydrogen-bond acceptors (Lipinski definition) is 2. The largest absolute Gasteiger partial charge is 0.497 e. The summed E-state index contributed by atoms with van der Waals surface area (Å²) >= 11 is 0. The van der Waals surface area contributed by atoms with E-state index in [1.54, 1.807) is 19.2 Å². The van der Waals surface area contributed by atoms with Crippen molar-refractivity contribution in [3.05, 3.63) is 29.6 Å². The Morgan fingerprint density at radius 2 is 2.00 bits per heavy atom. The molecule has 0 atom stereocenters.